The van der Waals surface area contributed by atoms with Crippen LogP contribution in [0, 0.1) is 0 Å². The van der Waals surface area contributed by atoms with Gasteiger partial charge in [-0.05, 0) is 17.8 Å². The average Bonchev–Trinajstić information content (AvgIpc) is 1.87. The summed E-state index contributed by atoms with van der Waals surface area (Å²) in [5, 5.41) is 0.177. The first-order chi connectivity index (χ1) is 4.52. The van der Waals surface area contributed by atoms with Crippen molar-refractivity contribution in [3.63, 3.8) is 0 Å². The van der Waals surface area contributed by atoms with Crippen LogP contribution in [0.5, 0.6) is 0 Å². The SMILES string of the molecule is CCC(C)SP(=O)(O)OC. The van der Waals surface area contributed by atoms with E-state index in [-0.39, 0.29) is 5.25 Å². The van der Waals surface area contributed by atoms with Crippen molar-refractivity contribution in [3.8, 4) is 0 Å². The molecule has 0 aliphatic carbocycles. The second-order valence-electron chi connectivity index (χ2n) is 1.98. The van der Waals surface area contributed by atoms with Crippen molar-refractivity contribution in [2.24, 2.45) is 0 Å². The molecule has 0 saturated carbocycles. The van der Waals surface area contributed by atoms with Crippen molar-refractivity contribution in [1.29, 1.82) is 0 Å². The summed E-state index contributed by atoms with van der Waals surface area (Å²) >= 11 is 0.991. The van der Waals surface area contributed by atoms with Gasteiger partial charge in [0.2, 0.25) is 0 Å². The lowest BCUT2D eigenvalue weighted by atomic mass is 10.4. The summed E-state index contributed by atoms with van der Waals surface area (Å²) in [7, 11) is 1.25. The van der Waals surface area contributed by atoms with Crippen LogP contribution in [0.1, 0.15) is 20.3 Å². The Balaban J connectivity index is 3.77. The first kappa shape index (κ1) is 10.5. The van der Waals surface area contributed by atoms with E-state index in [0.29, 0.717) is 0 Å². The second kappa shape index (κ2) is 4.39. The average molecular weight is 184 g/mol. The summed E-state index contributed by atoms with van der Waals surface area (Å²) in [6.07, 6.45) is 0.874. The molecule has 0 rings (SSSR count). The molecule has 0 aromatic rings. The number of hydrogen-bond donors (Lipinski definition) is 1. The van der Waals surface area contributed by atoms with Gasteiger partial charge in [0, 0.05) is 12.4 Å². The lowest BCUT2D eigenvalue weighted by molar-refractivity contribution is 0.336. The standard InChI is InChI=1S/C5H13O3PS/c1-4-5(2)10-9(6,7)8-3/h5H,4H2,1-3H3,(H,6,7). The molecule has 0 radical (unpaired) electrons. The summed E-state index contributed by atoms with van der Waals surface area (Å²) in [6.45, 7) is 0.532. The van der Waals surface area contributed by atoms with Crippen LogP contribution in [-0.4, -0.2) is 17.3 Å². The maximum Gasteiger partial charge on any atom is 0.386 e. The van der Waals surface area contributed by atoms with E-state index in [1.807, 2.05) is 13.8 Å². The van der Waals surface area contributed by atoms with E-state index >= 15 is 0 Å². The molecular weight excluding hydrogens is 171 g/mol. The zero-order valence-electron chi connectivity index (χ0n) is 6.40. The van der Waals surface area contributed by atoms with Crippen LogP contribution in [0.4, 0.5) is 0 Å². The highest BCUT2D eigenvalue weighted by Crippen LogP contribution is 2.57. The van der Waals surface area contributed by atoms with Gasteiger partial charge >= 0.3 is 6.80 Å². The molecule has 2 unspecified atom stereocenters. The van der Waals surface area contributed by atoms with E-state index < -0.39 is 6.80 Å². The van der Waals surface area contributed by atoms with Crippen LogP contribution in [0.15, 0.2) is 0 Å². The predicted molar refractivity (Wildman–Crippen MR) is 44.2 cm³/mol. The largest absolute Gasteiger partial charge is 0.386 e. The second-order valence-corrected chi connectivity index (χ2v) is 6.31. The minimum atomic E-state index is -3.33. The maximum absolute atomic E-state index is 10.8. The highest BCUT2D eigenvalue weighted by molar-refractivity contribution is 8.55. The summed E-state index contributed by atoms with van der Waals surface area (Å²) < 4.78 is 15.2. The highest BCUT2D eigenvalue weighted by Gasteiger charge is 2.20. The molecule has 10 heavy (non-hydrogen) atoms. The molecule has 5 heteroatoms. The zero-order chi connectivity index (χ0) is 8.20. The van der Waals surface area contributed by atoms with Gasteiger partial charge in [0.05, 0.1) is 0 Å². The van der Waals surface area contributed by atoms with Gasteiger partial charge in [-0.2, -0.15) is 0 Å². The fraction of sp³-hybridized carbons (Fsp3) is 1.00. The molecule has 0 amide bonds. The molecule has 0 heterocycles. The number of hydrogen-bond acceptors (Lipinski definition) is 3. The Hall–Kier alpha value is 0.500. The van der Waals surface area contributed by atoms with Crippen LogP contribution in [0.3, 0.4) is 0 Å². The van der Waals surface area contributed by atoms with Crippen LogP contribution in [0.25, 0.3) is 0 Å². The van der Waals surface area contributed by atoms with Crippen LogP contribution in [0.2, 0.25) is 0 Å². The van der Waals surface area contributed by atoms with E-state index in [0.717, 1.165) is 17.8 Å². The van der Waals surface area contributed by atoms with E-state index in [4.69, 9.17) is 4.89 Å². The van der Waals surface area contributed by atoms with Gasteiger partial charge in [0.15, 0.2) is 0 Å². The molecule has 3 nitrogen and oxygen atoms in total. The molecule has 0 aliphatic heterocycles. The quantitative estimate of drug-likeness (QED) is 0.681. The van der Waals surface area contributed by atoms with Crippen molar-refractivity contribution < 1.29 is 14.0 Å². The van der Waals surface area contributed by atoms with E-state index in [9.17, 15) is 4.57 Å². The van der Waals surface area contributed by atoms with Crippen molar-refractivity contribution >= 4 is 18.2 Å². The maximum atomic E-state index is 10.8. The summed E-state index contributed by atoms with van der Waals surface area (Å²) in [5.41, 5.74) is 0. The molecule has 0 aliphatic rings. The van der Waals surface area contributed by atoms with Gasteiger partial charge in [-0.25, -0.2) is 4.57 Å². The van der Waals surface area contributed by atoms with Gasteiger partial charge in [0.25, 0.3) is 0 Å². The summed E-state index contributed by atoms with van der Waals surface area (Å²) in [6, 6.07) is 0. The van der Waals surface area contributed by atoms with Crippen molar-refractivity contribution in [3.05, 3.63) is 0 Å². The zero-order valence-corrected chi connectivity index (χ0v) is 8.11. The van der Waals surface area contributed by atoms with Gasteiger partial charge in [-0.3, -0.25) is 0 Å². The summed E-state index contributed by atoms with van der Waals surface area (Å²) in [5.74, 6) is 0. The van der Waals surface area contributed by atoms with Gasteiger partial charge in [-0.1, -0.05) is 13.8 Å². The molecule has 0 spiro atoms. The molecule has 0 fully saturated rings. The minimum absolute atomic E-state index is 0.177. The Morgan fingerprint density at radius 2 is 2.30 bits per heavy atom. The Labute approximate surface area is 65.4 Å². The summed E-state index contributed by atoms with van der Waals surface area (Å²) in [4.78, 5) is 8.92. The Kier molecular flexibility index (Phi) is 4.61. The predicted octanol–water partition coefficient (Wildman–Crippen LogP) is 2.26. The Morgan fingerprint density at radius 1 is 1.80 bits per heavy atom. The van der Waals surface area contributed by atoms with E-state index in [1.165, 1.54) is 7.11 Å². The third-order valence-electron chi connectivity index (χ3n) is 1.12. The normalized spacial score (nSPS) is 20.0. The Morgan fingerprint density at radius 3 is 2.60 bits per heavy atom. The lowest BCUT2D eigenvalue weighted by Crippen LogP contribution is -1.92. The van der Waals surface area contributed by atoms with Gasteiger partial charge in [-0.15, -0.1) is 0 Å². The minimum Gasteiger partial charge on any atom is -0.316 e. The smallest absolute Gasteiger partial charge is 0.316 e. The third kappa shape index (κ3) is 4.34. The number of rotatable bonds is 4. The molecular formula is C5H13O3PS. The van der Waals surface area contributed by atoms with E-state index in [2.05, 4.69) is 4.52 Å². The molecule has 0 saturated heterocycles. The van der Waals surface area contributed by atoms with Crippen LogP contribution < -0.4 is 0 Å². The van der Waals surface area contributed by atoms with Crippen molar-refractivity contribution in [2.75, 3.05) is 7.11 Å². The first-order valence-corrected chi connectivity index (χ1v) is 6.15. The monoisotopic (exact) mass is 184 g/mol. The molecule has 0 aromatic carbocycles. The fourth-order valence-electron chi connectivity index (χ4n) is 0.345. The fourth-order valence-corrected chi connectivity index (χ4v) is 3.10. The van der Waals surface area contributed by atoms with Crippen LogP contribution >= 0.6 is 18.2 Å². The first-order valence-electron chi connectivity index (χ1n) is 3.08. The van der Waals surface area contributed by atoms with Gasteiger partial charge in [0.1, 0.15) is 0 Å². The lowest BCUT2D eigenvalue weighted by Gasteiger charge is -2.11. The Bertz CT molecular complexity index is 139. The van der Waals surface area contributed by atoms with Crippen LogP contribution in [-0.2, 0) is 9.09 Å². The molecule has 62 valence electrons. The topological polar surface area (TPSA) is 46.5 Å². The van der Waals surface area contributed by atoms with E-state index in [1.54, 1.807) is 0 Å². The van der Waals surface area contributed by atoms with Crippen molar-refractivity contribution in [2.45, 2.75) is 25.5 Å². The molecule has 0 aromatic heterocycles. The molecule has 1 N–H and O–H groups in total. The molecule has 0 bridgehead atoms. The molecule has 2 atom stereocenters. The third-order valence-corrected chi connectivity index (χ3v) is 4.87. The van der Waals surface area contributed by atoms with Crippen molar-refractivity contribution in [1.82, 2.24) is 0 Å². The van der Waals surface area contributed by atoms with Gasteiger partial charge < -0.3 is 9.42 Å². The highest BCUT2D eigenvalue weighted by atomic mass is 32.7.